The Bertz CT molecular complexity index is 8.00. The van der Waals surface area contributed by atoms with E-state index >= 15 is 0 Å². The number of rotatable bonds is 0. The predicted octanol–water partition coefficient (Wildman–Crippen LogP) is -0.124. The van der Waals surface area contributed by atoms with Gasteiger partial charge in [0.15, 0.2) is 0 Å². The van der Waals surface area contributed by atoms with Gasteiger partial charge in [-0.2, -0.15) is 0 Å². The smallest absolute Gasteiger partial charge is 0 e. The molecule has 0 aliphatic carbocycles. The summed E-state index contributed by atoms with van der Waals surface area (Å²) < 4.78 is 8.25. The molecule has 0 aliphatic rings. The molecule has 0 fully saturated rings. The summed E-state index contributed by atoms with van der Waals surface area (Å²) in [6, 6.07) is 0. The molecule has 0 radical (unpaired) electrons. The van der Waals surface area contributed by atoms with Crippen molar-refractivity contribution in [1.82, 2.24) is 0 Å². The summed E-state index contributed by atoms with van der Waals surface area (Å²) in [5.74, 6) is 0. The maximum Gasteiger partial charge on any atom is 0 e. The first-order valence-electron chi connectivity index (χ1n) is 0.204. The van der Waals surface area contributed by atoms with Crippen molar-refractivity contribution in [3.05, 3.63) is 0 Å². The normalized spacial score (nSPS) is 0.750. The van der Waals surface area contributed by atoms with Crippen molar-refractivity contribution in [2.75, 3.05) is 0 Å². The summed E-state index contributed by atoms with van der Waals surface area (Å²) in [7, 11) is 0. The summed E-state index contributed by atoms with van der Waals surface area (Å²) >= 11 is 0.750. The Morgan fingerprint density at radius 2 is 1.25 bits per heavy atom. The van der Waals surface area contributed by atoms with E-state index < -0.39 is 0 Å². The van der Waals surface area contributed by atoms with Crippen LogP contribution in [-0.2, 0) is 49.9 Å². The molecule has 0 heterocycles. The minimum absolute atomic E-state index is 0. The molecular formula is CeOTiZr. The third-order valence-corrected chi connectivity index (χ3v) is 0. The molecule has 0 aromatic heterocycles. The average molecular weight is 295 g/mol. The summed E-state index contributed by atoms with van der Waals surface area (Å²) in [5.41, 5.74) is 0. The standard InChI is InChI=1S/Ce.O.Ti.Zr. The fourth-order valence-corrected chi connectivity index (χ4v) is 0. The van der Waals surface area contributed by atoms with Crippen LogP contribution in [-0.4, -0.2) is 0 Å². The fraction of sp³-hybridized carbons (Fsp3) is 0. The molecule has 0 N–H and O–H groups in total. The van der Waals surface area contributed by atoms with Crippen molar-refractivity contribution in [2.45, 2.75) is 0 Å². The van der Waals surface area contributed by atoms with Gasteiger partial charge in [0, 0.05) is 68.0 Å². The summed E-state index contributed by atoms with van der Waals surface area (Å²) in [6.07, 6.45) is 0. The van der Waals surface area contributed by atoms with Crippen molar-refractivity contribution in [2.24, 2.45) is 0 Å². The molecule has 0 aromatic rings. The molecule has 0 saturated heterocycles. The van der Waals surface area contributed by atoms with Crippen LogP contribution in [0.3, 0.4) is 0 Å². The van der Waals surface area contributed by atoms with E-state index in [0.29, 0.717) is 0 Å². The van der Waals surface area contributed by atoms with E-state index in [1.54, 1.807) is 0 Å². The Balaban J connectivity index is -0.00000000500. The summed E-state index contributed by atoms with van der Waals surface area (Å²) in [5, 5.41) is 0. The number of hydrogen-bond donors (Lipinski definition) is 0. The predicted molar refractivity (Wildman–Crippen MR) is 0.686 cm³/mol. The van der Waals surface area contributed by atoms with E-state index in [4.69, 9.17) is 3.32 Å². The molecule has 0 unspecified atom stereocenters. The molecule has 0 amide bonds. The maximum atomic E-state index is 8.25. The second-order valence-corrected chi connectivity index (χ2v) is 0. The van der Waals surface area contributed by atoms with Crippen LogP contribution in [0.4, 0.5) is 0 Å². The molecule has 4 heavy (non-hydrogen) atoms. The van der Waals surface area contributed by atoms with Crippen molar-refractivity contribution in [3.8, 4) is 0 Å². The van der Waals surface area contributed by atoms with Crippen LogP contribution in [0.15, 0.2) is 0 Å². The zero-order valence-corrected chi connectivity index (χ0v) is 9.07. The molecule has 0 aliphatic heterocycles. The summed E-state index contributed by atoms with van der Waals surface area (Å²) in [6.45, 7) is 0. The van der Waals surface area contributed by atoms with Crippen LogP contribution in [0.2, 0.25) is 0 Å². The maximum absolute atomic E-state index is 8.25. The molecular weight excluding hydrogens is 295 g/mol. The first-order chi connectivity index (χ1) is 1.00. The van der Waals surface area contributed by atoms with Gasteiger partial charge in [0.25, 0.3) is 0 Å². The second kappa shape index (κ2) is 17.1. The van der Waals surface area contributed by atoms with E-state index in [-0.39, 0.29) is 68.0 Å². The Morgan fingerprint density at radius 3 is 1.25 bits per heavy atom. The molecule has 0 atom stereocenters. The molecule has 0 saturated carbocycles. The minimum Gasteiger partial charge on any atom is 0 e. The van der Waals surface area contributed by atoms with Crippen LogP contribution in [0.5, 0.6) is 0 Å². The minimum atomic E-state index is 0. The van der Waals surface area contributed by atoms with Crippen molar-refractivity contribution in [3.63, 3.8) is 0 Å². The van der Waals surface area contributed by atoms with Crippen LogP contribution in [0, 0.1) is 41.7 Å². The van der Waals surface area contributed by atoms with E-state index in [1.807, 2.05) is 0 Å². The van der Waals surface area contributed by atoms with E-state index in [0.717, 1.165) is 20.4 Å². The molecule has 4 heteroatoms. The van der Waals surface area contributed by atoms with Crippen LogP contribution in [0.25, 0.3) is 0 Å². The Morgan fingerprint density at radius 1 is 1.25 bits per heavy atom. The van der Waals surface area contributed by atoms with Crippen LogP contribution >= 0.6 is 0 Å². The van der Waals surface area contributed by atoms with Crippen LogP contribution in [0.1, 0.15) is 0 Å². The quantitative estimate of drug-likeness (QED) is 0.569. The van der Waals surface area contributed by atoms with Gasteiger partial charge >= 0.3 is 23.7 Å². The van der Waals surface area contributed by atoms with E-state index in [1.165, 1.54) is 0 Å². The summed E-state index contributed by atoms with van der Waals surface area (Å²) in [4.78, 5) is 0. The van der Waals surface area contributed by atoms with Gasteiger partial charge < -0.3 is 0 Å². The van der Waals surface area contributed by atoms with Gasteiger partial charge in [-0.25, -0.2) is 0 Å². The van der Waals surface area contributed by atoms with Gasteiger partial charge in [-0.05, 0) is 0 Å². The average Bonchev–Trinajstić information content (AvgIpc) is 1.00. The van der Waals surface area contributed by atoms with Crippen LogP contribution < -0.4 is 0 Å². The van der Waals surface area contributed by atoms with Gasteiger partial charge in [-0.3, -0.25) is 0 Å². The van der Waals surface area contributed by atoms with E-state index in [2.05, 4.69) is 0 Å². The Hall–Kier alpha value is 2.77. The zero-order valence-electron chi connectivity index (χ0n) is 1.91. The number of hydrogen-bond acceptors (Lipinski definition) is 1. The van der Waals surface area contributed by atoms with Crippen molar-refractivity contribution < 1.29 is 91.7 Å². The van der Waals surface area contributed by atoms with Gasteiger partial charge in [0.2, 0.25) is 0 Å². The third-order valence-electron chi connectivity index (χ3n) is 0. The van der Waals surface area contributed by atoms with E-state index in [9.17, 15) is 0 Å². The molecule has 0 aromatic carbocycles. The van der Waals surface area contributed by atoms with Crippen molar-refractivity contribution >= 4 is 0 Å². The molecule has 0 rings (SSSR count). The van der Waals surface area contributed by atoms with Gasteiger partial charge in [0.05, 0.1) is 0 Å². The van der Waals surface area contributed by atoms with Gasteiger partial charge in [-0.15, -0.1) is 0 Å². The second-order valence-electron chi connectivity index (χ2n) is 0. The third kappa shape index (κ3) is 8.84. The van der Waals surface area contributed by atoms with Gasteiger partial charge in [0.1, 0.15) is 0 Å². The topological polar surface area (TPSA) is 17.1 Å². The zero-order chi connectivity index (χ0) is 2.00. The largest absolute Gasteiger partial charge is 0 e. The fourth-order valence-electron chi connectivity index (χ4n) is 0. The Labute approximate surface area is 89.5 Å². The molecule has 18 valence electrons. The SMILES string of the molecule is [Ce].[O]=[Ti].[Zr]. The monoisotopic (exact) mass is 294 g/mol. The first kappa shape index (κ1) is 15.9. The molecule has 0 spiro atoms. The van der Waals surface area contributed by atoms with Crippen molar-refractivity contribution in [1.29, 1.82) is 0 Å². The van der Waals surface area contributed by atoms with Gasteiger partial charge in [-0.1, -0.05) is 0 Å². The Kier molecular flexibility index (Phi) is 67.8. The molecule has 0 bridgehead atoms. The first-order valence-corrected chi connectivity index (χ1v) is 0.842. The molecule has 1 nitrogen and oxygen atoms in total.